The minimum Gasteiger partial charge on any atom is -0.343 e. The van der Waals surface area contributed by atoms with Crippen molar-refractivity contribution in [2.45, 2.75) is 18.8 Å². The molecule has 0 saturated carbocycles. The van der Waals surface area contributed by atoms with Gasteiger partial charge in [0.2, 0.25) is 6.39 Å². The lowest BCUT2D eigenvalue weighted by molar-refractivity contribution is 0.0703. The van der Waals surface area contributed by atoms with Gasteiger partial charge in [-0.1, -0.05) is 17.3 Å². The molecular weight excluding hydrogens is 308 g/mol. The van der Waals surface area contributed by atoms with Crippen molar-refractivity contribution in [2.75, 3.05) is 13.1 Å². The molecule has 0 radical (unpaired) electrons. The summed E-state index contributed by atoms with van der Waals surface area (Å²) in [4.78, 5) is 19.0. The van der Waals surface area contributed by atoms with Crippen LogP contribution in [0.15, 0.2) is 47.8 Å². The largest absolute Gasteiger partial charge is 0.343 e. The third-order valence-electron chi connectivity index (χ3n) is 4.28. The van der Waals surface area contributed by atoms with E-state index in [4.69, 9.17) is 4.52 Å². The van der Waals surface area contributed by atoms with Crippen LogP contribution in [0.2, 0.25) is 0 Å². The van der Waals surface area contributed by atoms with E-state index in [0.29, 0.717) is 17.9 Å². The summed E-state index contributed by atoms with van der Waals surface area (Å²) in [5.74, 6) is 0.774. The van der Waals surface area contributed by atoms with Crippen LogP contribution in [-0.4, -0.2) is 48.8 Å². The van der Waals surface area contributed by atoms with Crippen molar-refractivity contribution >= 4 is 5.91 Å². The van der Waals surface area contributed by atoms with Gasteiger partial charge in [0.25, 0.3) is 5.91 Å². The van der Waals surface area contributed by atoms with E-state index in [1.54, 1.807) is 17.2 Å². The van der Waals surface area contributed by atoms with Gasteiger partial charge < -0.3 is 9.42 Å². The predicted molar refractivity (Wildman–Crippen MR) is 83.5 cm³/mol. The molecule has 0 unspecified atom stereocenters. The van der Waals surface area contributed by atoms with Crippen LogP contribution < -0.4 is 0 Å². The molecule has 1 aliphatic heterocycles. The SMILES string of the molecule is O=C(c1ccccc1-n1cnnc1)N1CCC[C@@H](c2ncon2)C1. The quantitative estimate of drug-likeness (QED) is 0.728. The highest BCUT2D eigenvalue weighted by Gasteiger charge is 2.28. The monoisotopic (exact) mass is 324 g/mol. The summed E-state index contributed by atoms with van der Waals surface area (Å²) in [6.45, 7) is 1.32. The number of aromatic nitrogens is 5. The predicted octanol–water partition coefficient (Wildman–Crippen LogP) is 1.67. The topological polar surface area (TPSA) is 89.9 Å². The lowest BCUT2D eigenvalue weighted by Crippen LogP contribution is -2.39. The molecule has 1 amide bonds. The van der Waals surface area contributed by atoms with Crippen molar-refractivity contribution in [2.24, 2.45) is 0 Å². The summed E-state index contributed by atoms with van der Waals surface area (Å²) in [7, 11) is 0. The lowest BCUT2D eigenvalue weighted by Gasteiger charge is -2.31. The number of benzene rings is 1. The fourth-order valence-electron chi connectivity index (χ4n) is 3.11. The van der Waals surface area contributed by atoms with Crippen LogP contribution in [0.4, 0.5) is 0 Å². The first-order valence-corrected chi connectivity index (χ1v) is 7.82. The number of rotatable bonds is 3. The molecule has 1 saturated heterocycles. The Kier molecular flexibility index (Phi) is 3.78. The van der Waals surface area contributed by atoms with Gasteiger partial charge in [-0.25, -0.2) is 0 Å². The molecule has 0 spiro atoms. The molecule has 122 valence electrons. The zero-order chi connectivity index (χ0) is 16.4. The number of carbonyl (C=O) groups is 1. The van der Waals surface area contributed by atoms with Crippen molar-refractivity contribution in [3.8, 4) is 5.69 Å². The van der Waals surface area contributed by atoms with Crippen molar-refractivity contribution < 1.29 is 9.32 Å². The Morgan fingerprint density at radius 3 is 2.83 bits per heavy atom. The maximum Gasteiger partial charge on any atom is 0.256 e. The Hall–Kier alpha value is -3.03. The zero-order valence-corrected chi connectivity index (χ0v) is 12.9. The van der Waals surface area contributed by atoms with Gasteiger partial charge >= 0.3 is 0 Å². The van der Waals surface area contributed by atoms with Gasteiger partial charge in [-0.2, -0.15) is 4.98 Å². The van der Waals surface area contributed by atoms with Crippen LogP contribution in [0.25, 0.3) is 5.69 Å². The van der Waals surface area contributed by atoms with E-state index in [1.165, 1.54) is 6.39 Å². The van der Waals surface area contributed by atoms with Crippen LogP contribution >= 0.6 is 0 Å². The first-order chi connectivity index (χ1) is 11.8. The molecule has 1 atom stereocenters. The van der Waals surface area contributed by atoms with Crippen molar-refractivity contribution in [1.82, 2.24) is 29.8 Å². The molecule has 0 N–H and O–H groups in total. The van der Waals surface area contributed by atoms with Gasteiger partial charge in [0, 0.05) is 19.0 Å². The molecule has 4 rings (SSSR count). The Labute approximate surface area is 138 Å². The third-order valence-corrected chi connectivity index (χ3v) is 4.28. The number of carbonyl (C=O) groups excluding carboxylic acids is 1. The molecule has 3 heterocycles. The molecule has 24 heavy (non-hydrogen) atoms. The maximum absolute atomic E-state index is 13.0. The second kappa shape index (κ2) is 6.23. The molecule has 0 aliphatic carbocycles. The van der Waals surface area contributed by atoms with Gasteiger partial charge in [-0.15, -0.1) is 10.2 Å². The van der Waals surface area contributed by atoms with Crippen molar-refractivity contribution in [3.05, 3.63) is 54.7 Å². The molecule has 8 heteroatoms. The van der Waals surface area contributed by atoms with Crippen LogP contribution in [0.1, 0.15) is 34.9 Å². The summed E-state index contributed by atoms with van der Waals surface area (Å²) in [6.07, 6.45) is 6.38. The van der Waals surface area contributed by atoms with E-state index in [1.807, 2.05) is 29.2 Å². The Morgan fingerprint density at radius 1 is 1.21 bits per heavy atom. The molecule has 0 bridgehead atoms. The number of piperidine rings is 1. The standard InChI is InChI=1S/C16H16N6O2/c23-16(13-5-1-2-6-14(13)22-9-18-19-10-22)21-7-3-4-12(8-21)15-17-11-24-20-15/h1-2,5-6,9-12H,3-4,7-8H2/t12-/m1/s1. The van der Waals surface area contributed by atoms with E-state index in [2.05, 4.69) is 20.3 Å². The van der Waals surface area contributed by atoms with E-state index >= 15 is 0 Å². The van der Waals surface area contributed by atoms with Gasteiger partial charge in [0.15, 0.2) is 5.82 Å². The number of para-hydroxylation sites is 1. The molecule has 2 aromatic heterocycles. The summed E-state index contributed by atoms with van der Waals surface area (Å²) >= 11 is 0. The average Bonchev–Trinajstić information content (AvgIpc) is 3.35. The fourth-order valence-corrected chi connectivity index (χ4v) is 3.11. The highest BCUT2D eigenvalue weighted by molar-refractivity contribution is 5.97. The smallest absolute Gasteiger partial charge is 0.256 e. The second-order valence-corrected chi connectivity index (χ2v) is 5.77. The average molecular weight is 324 g/mol. The summed E-state index contributed by atoms with van der Waals surface area (Å²) in [5, 5.41) is 11.6. The molecular formula is C16H16N6O2. The fraction of sp³-hybridized carbons (Fsp3) is 0.312. The van der Waals surface area contributed by atoms with E-state index in [9.17, 15) is 4.79 Å². The third kappa shape index (κ3) is 2.66. The van der Waals surface area contributed by atoms with Gasteiger partial charge in [0.05, 0.1) is 11.3 Å². The number of nitrogens with zero attached hydrogens (tertiary/aromatic N) is 6. The molecule has 3 aromatic rings. The number of hydrogen-bond acceptors (Lipinski definition) is 6. The molecule has 1 aromatic carbocycles. The Bertz CT molecular complexity index is 815. The number of amides is 1. The number of likely N-dealkylation sites (tertiary alicyclic amines) is 1. The first kappa shape index (κ1) is 14.6. The molecule has 1 fully saturated rings. The summed E-state index contributed by atoms with van der Waals surface area (Å²) in [6, 6.07) is 7.47. The Morgan fingerprint density at radius 2 is 2.04 bits per heavy atom. The van der Waals surface area contributed by atoms with Gasteiger partial charge in [-0.05, 0) is 25.0 Å². The minimum atomic E-state index is -0.00695. The van der Waals surface area contributed by atoms with E-state index in [0.717, 1.165) is 25.1 Å². The minimum absolute atomic E-state index is 0.00695. The van der Waals surface area contributed by atoms with Crippen LogP contribution in [0, 0.1) is 0 Å². The van der Waals surface area contributed by atoms with Crippen LogP contribution in [-0.2, 0) is 0 Å². The first-order valence-electron chi connectivity index (χ1n) is 7.82. The maximum atomic E-state index is 13.0. The molecule has 8 nitrogen and oxygen atoms in total. The summed E-state index contributed by atoms with van der Waals surface area (Å²) in [5.41, 5.74) is 1.40. The molecule has 1 aliphatic rings. The normalized spacial score (nSPS) is 17.8. The highest BCUT2D eigenvalue weighted by atomic mass is 16.5. The summed E-state index contributed by atoms with van der Waals surface area (Å²) < 4.78 is 6.58. The zero-order valence-electron chi connectivity index (χ0n) is 12.9. The van der Waals surface area contributed by atoms with Crippen LogP contribution in [0.3, 0.4) is 0 Å². The highest BCUT2D eigenvalue weighted by Crippen LogP contribution is 2.26. The van der Waals surface area contributed by atoms with Crippen LogP contribution in [0.5, 0.6) is 0 Å². The number of hydrogen-bond donors (Lipinski definition) is 0. The van der Waals surface area contributed by atoms with Crippen molar-refractivity contribution in [3.63, 3.8) is 0 Å². The Balaban J connectivity index is 1.60. The van der Waals surface area contributed by atoms with E-state index < -0.39 is 0 Å². The second-order valence-electron chi connectivity index (χ2n) is 5.77. The van der Waals surface area contributed by atoms with Gasteiger partial charge in [-0.3, -0.25) is 9.36 Å². The van der Waals surface area contributed by atoms with Crippen molar-refractivity contribution in [1.29, 1.82) is 0 Å². The van der Waals surface area contributed by atoms with E-state index in [-0.39, 0.29) is 11.8 Å². The lowest BCUT2D eigenvalue weighted by atomic mass is 9.96. The van der Waals surface area contributed by atoms with Gasteiger partial charge in [0.1, 0.15) is 12.7 Å².